The van der Waals surface area contributed by atoms with E-state index in [1.54, 1.807) is 6.92 Å². The first-order valence-electron chi connectivity index (χ1n) is 4.96. The van der Waals surface area contributed by atoms with Crippen molar-refractivity contribution >= 4 is 17.2 Å². The monoisotopic (exact) mass is 227 g/mol. The van der Waals surface area contributed by atoms with Crippen LogP contribution in [-0.4, -0.2) is 17.6 Å². The molecule has 0 radical (unpaired) electrons. The molecule has 0 saturated heterocycles. The Hall–Kier alpha value is -0.870. The maximum Gasteiger partial charge on any atom is 0.222 e. The molecule has 1 aromatic heterocycles. The van der Waals surface area contributed by atoms with E-state index < -0.39 is 5.60 Å². The van der Waals surface area contributed by atoms with E-state index >= 15 is 0 Å². The molecule has 1 amide bonds. The first-order valence-corrected chi connectivity index (χ1v) is 5.90. The van der Waals surface area contributed by atoms with Crippen LogP contribution in [0, 0.1) is 5.92 Å². The van der Waals surface area contributed by atoms with Crippen LogP contribution in [0.1, 0.15) is 26.3 Å². The second-order valence-electron chi connectivity index (χ2n) is 4.16. The van der Waals surface area contributed by atoms with E-state index in [2.05, 4.69) is 5.32 Å². The van der Waals surface area contributed by atoms with E-state index in [1.807, 2.05) is 30.7 Å². The highest BCUT2D eigenvalue weighted by molar-refractivity contribution is 7.08. The van der Waals surface area contributed by atoms with Gasteiger partial charge in [-0.2, -0.15) is 11.3 Å². The van der Waals surface area contributed by atoms with Crippen LogP contribution in [0.2, 0.25) is 0 Å². The molecule has 1 aromatic rings. The van der Waals surface area contributed by atoms with Crippen LogP contribution in [0.4, 0.5) is 0 Å². The SMILES string of the molecule is CC(C)C(=O)NCC(C)(O)c1ccsc1. The summed E-state index contributed by atoms with van der Waals surface area (Å²) >= 11 is 1.53. The predicted molar refractivity (Wildman–Crippen MR) is 61.7 cm³/mol. The van der Waals surface area contributed by atoms with Crippen molar-refractivity contribution in [1.82, 2.24) is 5.32 Å². The summed E-state index contributed by atoms with van der Waals surface area (Å²) < 4.78 is 0. The maximum absolute atomic E-state index is 11.3. The van der Waals surface area contributed by atoms with Gasteiger partial charge < -0.3 is 10.4 Å². The van der Waals surface area contributed by atoms with Crippen molar-refractivity contribution in [2.24, 2.45) is 5.92 Å². The summed E-state index contributed by atoms with van der Waals surface area (Å²) in [5.74, 6) is -0.0891. The van der Waals surface area contributed by atoms with Gasteiger partial charge in [-0.05, 0) is 29.3 Å². The Kier molecular flexibility index (Phi) is 3.88. The Bertz CT molecular complexity index is 317. The molecule has 15 heavy (non-hydrogen) atoms. The number of nitrogens with one attached hydrogen (secondary N) is 1. The lowest BCUT2D eigenvalue weighted by Gasteiger charge is -2.23. The molecule has 1 atom stereocenters. The minimum atomic E-state index is -0.982. The van der Waals surface area contributed by atoms with Crippen molar-refractivity contribution in [3.8, 4) is 0 Å². The number of amides is 1. The Morgan fingerprint density at radius 2 is 2.33 bits per heavy atom. The summed E-state index contributed by atoms with van der Waals surface area (Å²) in [4.78, 5) is 11.3. The summed E-state index contributed by atoms with van der Waals surface area (Å²) in [5.41, 5.74) is -0.138. The highest BCUT2D eigenvalue weighted by Gasteiger charge is 2.24. The van der Waals surface area contributed by atoms with E-state index in [1.165, 1.54) is 11.3 Å². The van der Waals surface area contributed by atoms with Gasteiger partial charge in [0.1, 0.15) is 5.60 Å². The molecule has 0 aliphatic heterocycles. The molecule has 1 unspecified atom stereocenters. The van der Waals surface area contributed by atoms with Crippen molar-refractivity contribution in [2.75, 3.05) is 6.54 Å². The number of rotatable bonds is 4. The third-order valence-corrected chi connectivity index (χ3v) is 2.96. The van der Waals surface area contributed by atoms with E-state index in [9.17, 15) is 9.90 Å². The molecule has 0 aliphatic rings. The van der Waals surface area contributed by atoms with E-state index in [4.69, 9.17) is 0 Å². The molecular formula is C11H17NO2S. The molecule has 84 valence electrons. The number of carbonyl (C=O) groups is 1. The standard InChI is InChI=1S/C11H17NO2S/c1-8(2)10(13)12-7-11(3,14)9-4-5-15-6-9/h4-6,8,14H,7H2,1-3H3,(H,12,13). The van der Waals surface area contributed by atoms with Crippen molar-refractivity contribution in [1.29, 1.82) is 0 Å². The third-order valence-electron chi connectivity index (χ3n) is 2.27. The van der Waals surface area contributed by atoms with Gasteiger partial charge in [0, 0.05) is 5.92 Å². The van der Waals surface area contributed by atoms with Crippen LogP contribution in [0.25, 0.3) is 0 Å². The van der Waals surface area contributed by atoms with Crippen molar-refractivity contribution in [2.45, 2.75) is 26.4 Å². The first-order chi connectivity index (χ1) is 6.93. The average Bonchev–Trinajstić information content (AvgIpc) is 2.67. The largest absolute Gasteiger partial charge is 0.384 e. The highest BCUT2D eigenvalue weighted by atomic mass is 32.1. The average molecular weight is 227 g/mol. The Labute approximate surface area is 94.1 Å². The summed E-state index contributed by atoms with van der Waals surface area (Å²) in [6.07, 6.45) is 0. The van der Waals surface area contributed by atoms with Crippen molar-refractivity contribution in [3.63, 3.8) is 0 Å². The highest BCUT2D eigenvalue weighted by Crippen LogP contribution is 2.21. The minimum Gasteiger partial charge on any atom is -0.384 e. The number of aliphatic hydroxyl groups is 1. The molecule has 4 heteroatoms. The third kappa shape index (κ3) is 3.32. The van der Waals surface area contributed by atoms with Crippen LogP contribution in [0.15, 0.2) is 16.8 Å². The van der Waals surface area contributed by atoms with E-state index in [-0.39, 0.29) is 18.4 Å². The predicted octanol–water partition coefficient (Wildman–Crippen LogP) is 1.73. The molecule has 1 heterocycles. The lowest BCUT2D eigenvalue weighted by Crippen LogP contribution is -2.39. The zero-order valence-corrected chi connectivity index (χ0v) is 10.1. The van der Waals surface area contributed by atoms with Gasteiger partial charge in [0.15, 0.2) is 0 Å². The number of hydrogen-bond acceptors (Lipinski definition) is 3. The van der Waals surface area contributed by atoms with Crippen LogP contribution >= 0.6 is 11.3 Å². The van der Waals surface area contributed by atoms with Crippen LogP contribution in [0.3, 0.4) is 0 Å². The molecule has 0 aromatic carbocycles. The van der Waals surface area contributed by atoms with Gasteiger partial charge in [-0.15, -0.1) is 0 Å². The van der Waals surface area contributed by atoms with E-state index in [0.717, 1.165) is 5.56 Å². The lowest BCUT2D eigenvalue weighted by molar-refractivity contribution is -0.125. The second-order valence-corrected chi connectivity index (χ2v) is 4.94. The molecule has 0 spiro atoms. The zero-order chi connectivity index (χ0) is 11.5. The van der Waals surface area contributed by atoms with Gasteiger partial charge in [0.2, 0.25) is 5.91 Å². The second kappa shape index (κ2) is 4.77. The van der Waals surface area contributed by atoms with Crippen molar-refractivity contribution < 1.29 is 9.90 Å². The fourth-order valence-corrected chi connectivity index (χ4v) is 1.92. The first kappa shape index (κ1) is 12.2. The Morgan fingerprint density at radius 3 is 2.80 bits per heavy atom. The van der Waals surface area contributed by atoms with Gasteiger partial charge in [-0.3, -0.25) is 4.79 Å². The number of carbonyl (C=O) groups excluding carboxylic acids is 1. The van der Waals surface area contributed by atoms with Gasteiger partial charge >= 0.3 is 0 Å². The van der Waals surface area contributed by atoms with Gasteiger partial charge in [0.25, 0.3) is 0 Å². The zero-order valence-electron chi connectivity index (χ0n) is 9.28. The fraction of sp³-hybridized carbons (Fsp3) is 0.545. The summed E-state index contributed by atoms with van der Waals surface area (Å²) in [6.45, 7) is 5.61. The van der Waals surface area contributed by atoms with Crippen LogP contribution in [-0.2, 0) is 10.4 Å². The van der Waals surface area contributed by atoms with Crippen LogP contribution in [0.5, 0.6) is 0 Å². The fourth-order valence-electron chi connectivity index (χ4n) is 1.14. The topological polar surface area (TPSA) is 49.3 Å². The van der Waals surface area contributed by atoms with Crippen molar-refractivity contribution in [3.05, 3.63) is 22.4 Å². The lowest BCUT2D eigenvalue weighted by atomic mass is 9.99. The van der Waals surface area contributed by atoms with Gasteiger partial charge in [-0.25, -0.2) is 0 Å². The molecule has 0 aliphatic carbocycles. The Balaban J connectivity index is 2.54. The Morgan fingerprint density at radius 1 is 1.67 bits per heavy atom. The molecule has 2 N–H and O–H groups in total. The molecule has 0 bridgehead atoms. The normalized spacial score (nSPS) is 15.0. The molecule has 0 saturated carbocycles. The summed E-state index contributed by atoms with van der Waals surface area (Å²) in [7, 11) is 0. The van der Waals surface area contributed by atoms with E-state index in [0.29, 0.717) is 0 Å². The van der Waals surface area contributed by atoms with Crippen LogP contribution < -0.4 is 5.32 Å². The molecule has 1 rings (SSSR count). The number of hydrogen-bond donors (Lipinski definition) is 2. The molecule has 3 nitrogen and oxygen atoms in total. The summed E-state index contributed by atoms with van der Waals surface area (Å²) in [6, 6.07) is 1.87. The van der Waals surface area contributed by atoms with Gasteiger partial charge in [-0.1, -0.05) is 13.8 Å². The number of thiophene rings is 1. The molecule has 0 fully saturated rings. The van der Waals surface area contributed by atoms with Gasteiger partial charge in [0.05, 0.1) is 6.54 Å². The molecular weight excluding hydrogens is 210 g/mol. The quantitative estimate of drug-likeness (QED) is 0.823. The maximum atomic E-state index is 11.3. The summed E-state index contributed by atoms with van der Waals surface area (Å²) in [5, 5.41) is 16.6. The smallest absolute Gasteiger partial charge is 0.222 e. The minimum absolute atomic E-state index is 0.0366.